The molecule has 0 bridgehead atoms. The molecule has 40 atom stereocenters. The minimum absolute atomic E-state index is 0.0248. The molecule has 21 rings (SSSR count). The number of carbonyl (C=O) groups excluding carboxylic acids is 1. The minimum atomic E-state index is -0.170. The lowest BCUT2D eigenvalue weighted by atomic mass is 9.32. The summed E-state index contributed by atoms with van der Waals surface area (Å²) in [4.78, 5) is 13.2. The van der Waals surface area contributed by atoms with E-state index in [9.17, 15) is 15.0 Å². The number of fused-ring (bicyclic) bond motifs is 28. The van der Waals surface area contributed by atoms with Crippen LogP contribution < -0.4 is 0 Å². The zero-order chi connectivity index (χ0) is 98.1. The number of allylic oxidation sites excluding steroid dienone is 4. The van der Waals surface area contributed by atoms with Gasteiger partial charge in [-0.05, 0) is 548 Å². The lowest BCUT2D eigenvalue weighted by molar-refractivity contribution is -0.246. The van der Waals surface area contributed by atoms with E-state index in [2.05, 4.69) is 243 Å². The number of carbonyl (C=O) groups is 1. The highest BCUT2D eigenvalue weighted by molar-refractivity contribution is 9.10. The molecular formula is C130H209BrO4. The summed E-state index contributed by atoms with van der Waals surface area (Å²) < 4.78 is 7.31. The Labute approximate surface area is 840 Å². The first-order chi connectivity index (χ1) is 62.7. The van der Waals surface area contributed by atoms with Crippen molar-refractivity contribution < 1.29 is 19.7 Å². The quantitative estimate of drug-likeness (QED) is 0.201. The number of esters is 1. The van der Waals surface area contributed by atoms with Crippen molar-refractivity contribution in [2.45, 2.75) is 464 Å². The van der Waals surface area contributed by atoms with Crippen LogP contribution in [0.15, 0.2) is 77.3 Å². The van der Waals surface area contributed by atoms with Crippen LogP contribution in [0.25, 0.3) is 0 Å². The first kappa shape index (κ1) is 103. The second-order valence-electron chi connectivity index (χ2n) is 61.9. The van der Waals surface area contributed by atoms with Gasteiger partial charge in [0.05, 0.1) is 5.56 Å². The van der Waals surface area contributed by atoms with Crippen molar-refractivity contribution in [2.75, 3.05) is 13.2 Å². The van der Waals surface area contributed by atoms with Crippen LogP contribution in [-0.2, 0) is 4.74 Å². The minimum Gasteiger partial charge on any atom is -0.458 e. The Morgan fingerprint density at radius 1 is 0.296 bits per heavy atom. The summed E-state index contributed by atoms with van der Waals surface area (Å²) in [6.07, 6.45) is 55.7. The Balaban J connectivity index is 0.000000121. The van der Waals surface area contributed by atoms with Crippen LogP contribution in [0, 0.1) is 244 Å². The molecule has 20 saturated carbocycles. The molecule has 5 heteroatoms. The van der Waals surface area contributed by atoms with Gasteiger partial charge in [-0.1, -0.05) is 238 Å². The summed E-state index contributed by atoms with van der Waals surface area (Å²) in [6.45, 7) is 94.1. The summed E-state index contributed by atoms with van der Waals surface area (Å²) in [5, 5.41) is 20.3. The molecule has 16 unspecified atom stereocenters. The summed E-state index contributed by atoms with van der Waals surface area (Å²) in [7, 11) is 0. The van der Waals surface area contributed by atoms with Gasteiger partial charge in [0.25, 0.3) is 0 Å². The van der Waals surface area contributed by atoms with E-state index in [0.29, 0.717) is 129 Å². The molecule has 0 amide bonds. The van der Waals surface area contributed by atoms with Gasteiger partial charge in [-0.2, -0.15) is 0 Å². The monoisotopic (exact) mass is 1910 g/mol. The first-order valence-corrected chi connectivity index (χ1v) is 59.3. The molecule has 4 nitrogen and oxygen atoms in total. The van der Waals surface area contributed by atoms with Crippen LogP contribution in [-0.4, -0.2) is 35.5 Å². The van der Waals surface area contributed by atoms with Crippen molar-refractivity contribution in [1.82, 2.24) is 0 Å². The largest absolute Gasteiger partial charge is 0.458 e. The van der Waals surface area contributed by atoms with Crippen LogP contribution in [0.4, 0.5) is 0 Å². The summed E-state index contributed by atoms with van der Waals surface area (Å²) in [6, 6.07) is 7.60. The molecule has 0 heterocycles. The van der Waals surface area contributed by atoms with Crippen molar-refractivity contribution in [1.29, 1.82) is 0 Å². The number of halogens is 1. The first-order valence-electron chi connectivity index (χ1n) is 58.5. The highest BCUT2D eigenvalue weighted by Gasteiger charge is 2.77. The molecule has 0 saturated heterocycles. The predicted octanol–water partition coefficient (Wildman–Crippen LogP) is 36.5. The number of hydrogen-bond donors (Lipinski definition) is 2. The van der Waals surface area contributed by atoms with Crippen molar-refractivity contribution in [3.05, 3.63) is 82.9 Å². The molecule has 0 aliphatic heterocycles. The molecule has 135 heavy (non-hydrogen) atoms. The van der Waals surface area contributed by atoms with Crippen LogP contribution in [0.5, 0.6) is 0 Å². The number of hydrogen-bond acceptors (Lipinski definition) is 4. The van der Waals surface area contributed by atoms with Crippen LogP contribution in [0.3, 0.4) is 0 Å². The number of rotatable bonds is 8. The topological polar surface area (TPSA) is 66.8 Å². The van der Waals surface area contributed by atoms with Gasteiger partial charge in [0.2, 0.25) is 0 Å². The molecule has 20 aliphatic carbocycles. The average molecular weight is 1920 g/mol. The van der Waals surface area contributed by atoms with Crippen molar-refractivity contribution in [2.24, 2.45) is 244 Å². The maximum atomic E-state index is 13.2. The Morgan fingerprint density at radius 3 is 0.830 bits per heavy atom. The Morgan fingerprint density at radius 2 is 0.556 bits per heavy atom. The second kappa shape index (κ2) is 34.1. The number of aliphatic hydroxyl groups excluding tert-OH is 2. The molecule has 1 aromatic carbocycles. The molecule has 0 aromatic heterocycles. The zero-order valence-electron chi connectivity index (χ0n) is 93.3. The standard InChI is InChI=1S/C37H53BrO2.2C31H52O.C31H52/c1-23(2)26-15-18-34(5)21-22-36(7)27(31(26)34)13-14-29-35(6)19-17-30(33(3,4)28(35)16-20-37(29,36)8)40-32(39)24-9-11-25(38)12-10-24;2*1-20(2)22-12-14-28(5)17-18-30(7)23(26(22)28)9-10-25-29(6)15-11-21(19-32)27(3,4)24(29)13-16-31(25,30)8;1-20(2)22-13-15-28(6)18-19-30(8)23(26(22)28)10-11-25-29(7)16-12-21(3)27(4,5)24(29)14-17-31(25,30)9/h9-12,26-31H,1,13-22H2,2-8H3;2*21-26,32H,1,9-19H2,2-8H3;21-26H,1,10-19H2,2-9H3/t26-,27?,28?,29?,30-,31?,34+,35-,36+,37+;3*21-,22+,23?,24?,25?,26?,28-,29+,30-,31-/m0111/s1. The van der Waals surface area contributed by atoms with Gasteiger partial charge in [-0.25, -0.2) is 4.79 Å². The van der Waals surface area contributed by atoms with E-state index in [1.54, 1.807) is 0 Å². The highest BCUT2D eigenvalue weighted by Crippen LogP contribution is 2.85. The Hall–Kier alpha value is -1.95. The van der Waals surface area contributed by atoms with Crippen molar-refractivity contribution in [3.63, 3.8) is 0 Å². The molecule has 760 valence electrons. The smallest absolute Gasteiger partial charge is 0.338 e. The molecule has 1 aromatic rings. The van der Waals surface area contributed by atoms with Gasteiger partial charge >= 0.3 is 5.97 Å². The summed E-state index contributed by atoms with van der Waals surface area (Å²) in [5.41, 5.74) is 15.2. The fourth-order valence-electron chi connectivity index (χ4n) is 47.9. The third-order valence-corrected chi connectivity index (χ3v) is 57.2. The molecule has 20 fully saturated rings. The zero-order valence-corrected chi connectivity index (χ0v) is 94.9. The van der Waals surface area contributed by atoms with Crippen molar-refractivity contribution in [3.8, 4) is 0 Å². The summed E-state index contributed by atoms with van der Waals surface area (Å²) in [5.74, 6) is 18.1. The van der Waals surface area contributed by atoms with Crippen LogP contribution in [0.2, 0.25) is 0 Å². The number of ether oxygens (including phenoxy) is 1. The van der Waals surface area contributed by atoms with Crippen LogP contribution >= 0.6 is 15.9 Å². The van der Waals surface area contributed by atoms with E-state index >= 15 is 0 Å². The Bertz CT molecular complexity index is 4520. The predicted molar refractivity (Wildman–Crippen MR) is 572 cm³/mol. The molecule has 20 aliphatic rings. The average Bonchev–Trinajstić information content (AvgIpc) is 1.65. The van der Waals surface area contributed by atoms with Gasteiger partial charge in [0.1, 0.15) is 6.10 Å². The third-order valence-electron chi connectivity index (χ3n) is 56.7. The van der Waals surface area contributed by atoms with Gasteiger partial charge in [0.15, 0.2) is 0 Å². The van der Waals surface area contributed by atoms with Gasteiger partial charge in [0, 0.05) is 23.1 Å². The second-order valence-corrected chi connectivity index (χ2v) is 62.8. The number of benzene rings is 1. The fraction of sp³-hybridized carbons (Fsp3) is 0.885. The highest BCUT2D eigenvalue weighted by atomic mass is 79.9. The lowest BCUT2D eigenvalue weighted by Crippen LogP contribution is -2.66. The molecule has 0 radical (unpaired) electrons. The van der Waals surface area contributed by atoms with E-state index in [-0.39, 0.29) is 28.3 Å². The molecular weight excluding hydrogens is 1710 g/mol. The van der Waals surface area contributed by atoms with E-state index < -0.39 is 0 Å². The fourth-order valence-corrected chi connectivity index (χ4v) is 48.2. The van der Waals surface area contributed by atoms with Gasteiger partial charge in [-0.15, -0.1) is 0 Å². The maximum Gasteiger partial charge on any atom is 0.338 e. The van der Waals surface area contributed by atoms with E-state index in [0.717, 1.165) is 129 Å². The summed E-state index contributed by atoms with van der Waals surface area (Å²) >= 11 is 3.48. The number of aliphatic hydroxyl groups is 2. The maximum absolute atomic E-state index is 13.2. The van der Waals surface area contributed by atoms with Gasteiger partial charge < -0.3 is 14.9 Å². The third kappa shape index (κ3) is 14.5. The van der Waals surface area contributed by atoms with Gasteiger partial charge in [-0.3, -0.25) is 0 Å². The molecule has 2 N–H and O–H groups in total. The normalized spacial score (nSPS) is 54.1. The Kier molecular flexibility index (Phi) is 26.0. The van der Waals surface area contributed by atoms with E-state index in [4.69, 9.17) is 4.74 Å². The van der Waals surface area contributed by atoms with Crippen LogP contribution in [0.1, 0.15) is 468 Å². The van der Waals surface area contributed by atoms with Crippen molar-refractivity contribution >= 4 is 21.9 Å². The van der Waals surface area contributed by atoms with E-state index in [1.165, 1.54) is 273 Å². The van der Waals surface area contributed by atoms with E-state index in [1.807, 2.05) is 24.3 Å². The lowest BCUT2D eigenvalue weighted by Gasteiger charge is -2.73. The molecule has 0 spiro atoms. The SMILES string of the molecule is C=C(C)[C@@H]1CC[C@]2(C)CC[C@]3(C)C(CCC4[C@@]5(C)CC[C@@H](C)C(C)(C)C5CC[C@]43C)C12.C=C(C)[C@@H]1CC[C@]2(C)CC[C@]3(C)C(CCC4[C@@]5(C)CC[C@H](CO)C(C)(C)C5CC[C@]43C)C12.C=C(C)[C@@H]1CC[C@]2(C)CC[C@]3(C)C(CCC4[C@@]5(C)CC[C@H](CO)C(C)(C)C5CC[C@]43C)C12.C=C(C)[C@@H]1CC[C@]2(C)CC[C@]3(C)C(CCC4[C@@]5(C)CC[C@H](OC(=O)c6ccc(Br)cc6)C(C)(C)C5CC[C@]43C)C12.